The summed E-state index contributed by atoms with van der Waals surface area (Å²) >= 11 is 0. The Balaban J connectivity index is 1.65. The Bertz CT molecular complexity index is 582. The highest BCUT2D eigenvalue weighted by Gasteiger charge is 2.37. The molecule has 1 aromatic carbocycles. The molecule has 0 amide bonds. The van der Waals surface area contributed by atoms with Crippen molar-refractivity contribution < 1.29 is 0 Å². The smallest absolute Gasteiger partial charge is 0.115 e. The van der Waals surface area contributed by atoms with Crippen LogP contribution in [0.4, 0.5) is 5.69 Å². The van der Waals surface area contributed by atoms with Gasteiger partial charge >= 0.3 is 0 Å². The fourth-order valence-corrected chi connectivity index (χ4v) is 3.29. The zero-order valence-electron chi connectivity index (χ0n) is 12.0. The van der Waals surface area contributed by atoms with Crippen LogP contribution in [0.1, 0.15) is 24.4 Å². The summed E-state index contributed by atoms with van der Waals surface area (Å²) in [6, 6.07) is 11.7. The summed E-state index contributed by atoms with van der Waals surface area (Å²) in [6.45, 7) is 2.03. The summed E-state index contributed by atoms with van der Waals surface area (Å²) in [5.41, 5.74) is 2.47. The van der Waals surface area contributed by atoms with E-state index < -0.39 is 0 Å². The van der Waals surface area contributed by atoms with Crippen LogP contribution in [0.25, 0.3) is 0 Å². The van der Waals surface area contributed by atoms with Gasteiger partial charge in [-0.1, -0.05) is 30.3 Å². The maximum atomic E-state index is 4.20. The van der Waals surface area contributed by atoms with Gasteiger partial charge in [0.05, 0.1) is 24.1 Å². The molecule has 1 N–H and O–H groups in total. The normalized spacial score (nSPS) is 25.8. The molecule has 108 valence electrons. The van der Waals surface area contributed by atoms with Crippen molar-refractivity contribution in [2.75, 3.05) is 18.0 Å². The van der Waals surface area contributed by atoms with Gasteiger partial charge in [0.15, 0.2) is 0 Å². The van der Waals surface area contributed by atoms with E-state index in [1.165, 1.54) is 18.4 Å². The van der Waals surface area contributed by atoms with Gasteiger partial charge < -0.3 is 10.2 Å². The van der Waals surface area contributed by atoms with Crippen LogP contribution >= 0.6 is 0 Å². The van der Waals surface area contributed by atoms with Gasteiger partial charge in [0.1, 0.15) is 6.33 Å². The molecule has 2 atom stereocenters. The SMILES string of the molecule is c1ccc(C2CNC(C3CC3)CN2c2cncnc2)cc1. The van der Waals surface area contributed by atoms with E-state index in [-0.39, 0.29) is 0 Å². The molecule has 1 saturated heterocycles. The second-order valence-corrected chi connectivity index (χ2v) is 6.03. The first-order chi connectivity index (χ1) is 10.4. The minimum Gasteiger partial charge on any atom is -0.359 e. The van der Waals surface area contributed by atoms with Gasteiger partial charge in [-0.3, -0.25) is 0 Å². The van der Waals surface area contributed by atoms with Crippen LogP contribution in [0, 0.1) is 5.92 Å². The van der Waals surface area contributed by atoms with E-state index >= 15 is 0 Å². The van der Waals surface area contributed by atoms with Crippen molar-refractivity contribution in [2.24, 2.45) is 5.92 Å². The van der Waals surface area contributed by atoms with Crippen molar-refractivity contribution in [3.8, 4) is 0 Å². The molecule has 1 aliphatic carbocycles. The molecule has 1 aliphatic heterocycles. The second kappa shape index (κ2) is 5.45. The summed E-state index contributed by atoms with van der Waals surface area (Å²) in [4.78, 5) is 10.9. The molecule has 0 bridgehead atoms. The quantitative estimate of drug-likeness (QED) is 0.937. The number of piperazine rings is 1. The minimum atomic E-state index is 0.354. The van der Waals surface area contributed by atoms with Crippen LogP contribution < -0.4 is 10.2 Å². The fraction of sp³-hybridized carbons (Fsp3) is 0.412. The molecule has 4 nitrogen and oxygen atoms in total. The Hall–Kier alpha value is -1.94. The zero-order chi connectivity index (χ0) is 14.1. The topological polar surface area (TPSA) is 41.0 Å². The van der Waals surface area contributed by atoms with Crippen LogP contribution in [0.2, 0.25) is 0 Å². The average Bonchev–Trinajstić information content (AvgIpc) is 3.41. The first-order valence-corrected chi connectivity index (χ1v) is 7.72. The molecule has 2 heterocycles. The Kier molecular flexibility index (Phi) is 3.31. The highest BCUT2D eigenvalue weighted by atomic mass is 15.2. The number of nitrogens with one attached hydrogen (secondary N) is 1. The molecule has 2 fully saturated rings. The average molecular weight is 280 g/mol. The molecule has 4 rings (SSSR count). The molecule has 2 unspecified atom stereocenters. The van der Waals surface area contributed by atoms with E-state index in [0.717, 1.165) is 24.7 Å². The summed E-state index contributed by atoms with van der Waals surface area (Å²) in [5, 5.41) is 3.75. The Morgan fingerprint density at radius 3 is 2.52 bits per heavy atom. The Labute approximate surface area is 125 Å². The highest BCUT2D eigenvalue weighted by molar-refractivity contribution is 5.46. The fourth-order valence-electron chi connectivity index (χ4n) is 3.29. The summed E-state index contributed by atoms with van der Waals surface area (Å²) in [6.07, 6.45) is 8.19. The van der Waals surface area contributed by atoms with E-state index in [4.69, 9.17) is 0 Å². The van der Waals surface area contributed by atoms with Crippen molar-refractivity contribution in [3.05, 3.63) is 54.6 Å². The van der Waals surface area contributed by atoms with Gasteiger partial charge in [-0.2, -0.15) is 0 Å². The third-order valence-corrected chi connectivity index (χ3v) is 4.60. The van der Waals surface area contributed by atoms with Crippen molar-refractivity contribution in [1.82, 2.24) is 15.3 Å². The molecule has 2 aromatic rings. The Morgan fingerprint density at radius 1 is 1.05 bits per heavy atom. The van der Waals surface area contributed by atoms with Crippen LogP contribution in [0.15, 0.2) is 49.1 Å². The van der Waals surface area contributed by atoms with Gasteiger partial charge in [0, 0.05) is 19.1 Å². The summed E-state index contributed by atoms with van der Waals surface area (Å²) in [5.74, 6) is 0.855. The predicted molar refractivity (Wildman–Crippen MR) is 83.1 cm³/mol. The van der Waals surface area contributed by atoms with Crippen LogP contribution in [-0.4, -0.2) is 29.1 Å². The maximum Gasteiger partial charge on any atom is 0.115 e. The standard InChI is InChI=1S/C17H20N4/c1-2-4-14(5-3-1)17-10-20-16(13-6-7-13)11-21(17)15-8-18-12-19-9-15/h1-5,8-9,12-13,16-17,20H,6-7,10-11H2. The van der Waals surface area contributed by atoms with E-state index in [9.17, 15) is 0 Å². The molecule has 0 spiro atoms. The lowest BCUT2D eigenvalue weighted by Gasteiger charge is -2.42. The molecular formula is C17H20N4. The van der Waals surface area contributed by atoms with Gasteiger partial charge in [0.2, 0.25) is 0 Å². The number of nitrogens with zero attached hydrogens (tertiary/aromatic N) is 3. The molecule has 4 heteroatoms. The van der Waals surface area contributed by atoms with Crippen molar-refractivity contribution in [3.63, 3.8) is 0 Å². The van der Waals surface area contributed by atoms with Crippen LogP contribution in [-0.2, 0) is 0 Å². The first kappa shape index (κ1) is 12.8. The predicted octanol–water partition coefficient (Wildman–Crippen LogP) is 2.41. The zero-order valence-corrected chi connectivity index (χ0v) is 12.0. The lowest BCUT2D eigenvalue weighted by molar-refractivity contribution is 0.368. The minimum absolute atomic E-state index is 0.354. The molecule has 21 heavy (non-hydrogen) atoms. The number of anilines is 1. The summed E-state index contributed by atoms with van der Waals surface area (Å²) in [7, 11) is 0. The van der Waals surface area contributed by atoms with Crippen molar-refractivity contribution in [1.29, 1.82) is 0 Å². The lowest BCUT2D eigenvalue weighted by Crippen LogP contribution is -2.53. The third kappa shape index (κ3) is 2.63. The maximum absolute atomic E-state index is 4.20. The number of rotatable bonds is 3. The van der Waals surface area contributed by atoms with Crippen molar-refractivity contribution in [2.45, 2.75) is 24.9 Å². The van der Waals surface area contributed by atoms with E-state index in [0.29, 0.717) is 12.1 Å². The molecule has 1 saturated carbocycles. The highest BCUT2D eigenvalue weighted by Crippen LogP contribution is 2.37. The second-order valence-electron chi connectivity index (χ2n) is 6.03. The van der Waals surface area contributed by atoms with E-state index in [1.54, 1.807) is 6.33 Å². The van der Waals surface area contributed by atoms with Gasteiger partial charge in [-0.05, 0) is 24.3 Å². The largest absolute Gasteiger partial charge is 0.359 e. The number of hydrogen-bond donors (Lipinski definition) is 1. The van der Waals surface area contributed by atoms with Gasteiger partial charge in [-0.15, -0.1) is 0 Å². The van der Waals surface area contributed by atoms with Crippen molar-refractivity contribution >= 4 is 5.69 Å². The Morgan fingerprint density at radius 2 is 1.81 bits per heavy atom. The van der Waals surface area contributed by atoms with Gasteiger partial charge in [-0.25, -0.2) is 9.97 Å². The van der Waals surface area contributed by atoms with Crippen LogP contribution in [0.5, 0.6) is 0 Å². The van der Waals surface area contributed by atoms with Gasteiger partial charge in [0.25, 0.3) is 0 Å². The van der Waals surface area contributed by atoms with E-state index in [2.05, 4.69) is 50.5 Å². The van der Waals surface area contributed by atoms with Crippen LogP contribution in [0.3, 0.4) is 0 Å². The monoisotopic (exact) mass is 280 g/mol. The van der Waals surface area contributed by atoms with E-state index in [1.807, 2.05) is 12.4 Å². The molecule has 1 aromatic heterocycles. The number of hydrogen-bond acceptors (Lipinski definition) is 4. The third-order valence-electron chi connectivity index (χ3n) is 4.60. The number of aromatic nitrogens is 2. The molecule has 0 radical (unpaired) electrons. The summed E-state index contributed by atoms with van der Waals surface area (Å²) < 4.78 is 0. The number of benzene rings is 1. The first-order valence-electron chi connectivity index (χ1n) is 7.72. The molecule has 2 aliphatic rings. The lowest BCUT2D eigenvalue weighted by atomic mass is 9.99. The molecular weight excluding hydrogens is 260 g/mol.